The highest BCUT2D eigenvalue weighted by atomic mass is 32.2. The second-order valence-electron chi connectivity index (χ2n) is 24.8. The van der Waals surface area contributed by atoms with Gasteiger partial charge in [-0.1, -0.05) is 218 Å². The van der Waals surface area contributed by atoms with Crippen LogP contribution in [0.1, 0.15) is 79.3 Å². The lowest BCUT2D eigenvalue weighted by Gasteiger charge is -2.66. The van der Waals surface area contributed by atoms with E-state index in [1.807, 2.05) is 23.5 Å². The van der Waals surface area contributed by atoms with Crippen molar-refractivity contribution in [1.29, 1.82) is 0 Å². The highest BCUT2D eigenvalue weighted by molar-refractivity contribution is 8.00. The van der Waals surface area contributed by atoms with Crippen molar-refractivity contribution >= 4 is 79.2 Å². The fourth-order valence-electron chi connectivity index (χ4n) is 19.0. The number of para-hydroxylation sites is 4. The molecule has 0 radical (unpaired) electrons. The van der Waals surface area contributed by atoms with Gasteiger partial charge in [0.2, 0.25) is 0 Å². The van der Waals surface area contributed by atoms with Gasteiger partial charge < -0.3 is 9.80 Å². The van der Waals surface area contributed by atoms with Gasteiger partial charge in [-0.15, -0.1) is 0 Å². The van der Waals surface area contributed by atoms with E-state index >= 15 is 0 Å². The number of fused-ring (bicyclic) bond motifs is 20. The molecule has 7 aliphatic carbocycles. The van der Waals surface area contributed by atoms with Crippen LogP contribution >= 0.6 is 23.5 Å². The van der Waals surface area contributed by atoms with Crippen LogP contribution < -0.4 is 9.80 Å². The molecule has 21 rings (SSSR count). The van der Waals surface area contributed by atoms with Crippen LogP contribution in [0.25, 0.3) is 43.8 Å². The Morgan fingerprint density at radius 1 is 0.333 bits per heavy atom. The molecule has 12 aromatic carbocycles. The standard InChI is InChI=1S/C80H50N2S2/c1-3-21-51-49(19-1)75-53-23-5-7-27-59(53)79(75)61-29-17-25-55(73(61)77(51)79)71-47-41-39-46(82-65-33-11-15-37-69(65)84-70-38-16-12-34-66(70)82)44-58(47)72(48-42-40-45(43-57(48)71)81-63-31-9-13-35-67(63)83-68-36-14-10-32-64(68)81)56-26-18-30-62-74(56)78-52-22-4-2-20-50(52)76-54-24-6-8-28-60(54)80(62,76)78/h1-44,53,59,75-78H. The summed E-state index contributed by atoms with van der Waals surface area (Å²) in [6.45, 7) is 0. The van der Waals surface area contributed by atoms with E-state index in [1.165, 1.54) is 142 Å². The summed E-state index contributed by atoms with van der Waals surface area (Å²) >= 11 is 3.75. The summed E-state index contributed by atoms with van der Waals surface area (Å²) in [5.74, 6) is 2.31. The molecule has 9 aliphatic rings. The smallest absolute Gasteiger partial charge is 0.0601 e. The number of hydrogen-bond acceptors (Lipinski definition) is 4. The molecule has 12 aromatic rings. The Balaban J connectivity index is 0.897. The van der Waals surface area contributed by atoms with Crippen molar-refractivity contribution in [2.24, 2.45) is 11.8 Å². The van der Waals surface area contributed by atoms with E-state index in [0.29, 0.717) is 23.7 Å². The Labute approximate surface area is 496 Å². The Morgan fingerprint density at radius 2 is 0.774 bits per heavy atom. The van der Waals surface area contributed by atoms with Gasteiger partial charge in [-0.3, -0.25) is 0 Å². The molecule has 0 aromatic heterocycles. The monoisotopic (exact) mass is 1100 g/mol. The largest absolute Gasteiger partial charge is 0.308 e. The summed E-state index contributed by atoms with van der Waals surface area (Å²) in [6, 6.07) is 94.2. The Hall–Kier alpha value is -9.06. The Bertz CT molecular complexity index is 4990. The molecule has 0 N–H and O–H groups in total. The van der Waals surface area contributed by atoms with Crippen molar-refractivity contribution in [1.82, 2.24) is 0 Å². The fraction of sp³-hybridized carbons (Fsp3) is 0.100. The van der Waals surface area contributed by atoms with E-state index < -0.39 is 0 Å². The van der Waals surface area contributed by atoms with Gasteiger partial charge in [-0.2, -0.15) is 0 Å². The third kappa shape index (κ3) is 5.22. The van der Waals surface area contributed by atoms with Crippen LogP contribution in [0.4, 0.5) is 34.1 Å². The maximum absolute atomic E-state index is 2.59. The first-order valence-corrected chi connectivity index (χ1v) is 31.6. The first-order chi connectivity index (χ1) is 41.7. The first-order valence-electron chi connectivity index (χ1n) is 30.0. The van der Waals surface area contributed by atoms with Crippen LogP contribution in [-0.4, -0.2) is 0 Å². The molecule has 2 heterocycles. The molecule has 84 heavy (non-hydrogen) atoms. The number of benzene rings is 12. The lowest BCUT2D eigenvalue weighted by Crippen LogP contribution is -2.62. The van der Waals surface area contributed by atoms with Crippen LogP contribution in [0.15, 0.2) is 287 Å². The van der Waals surface area contributed by atoms with Crippen LogP contribution in [0.5, 0.6) is 0 Å². The van der Waals surface area contributed by atoms with E-state index in [9.17, 15) is 0 Å². The summed E-state index contributed by atoms with van der Waals surface area (Å²) in [5.41, 5.74) is 27.6. The van der Waals surface area contributed by atoms with E-state index in [-0.39, 0.29) is 22.7 Å². The van der Waals surface area contributed by atoms with Crippen molar-refractivity contribution in [3.63, 3.8) is 0 Å². The van der Waals surface area contributed by atoms with Crippen LogP contribution in [0.3, 0.4) is 0 Å². The number of nitrogens with zero attached hydrogens (tertiary/aromatic N) is 2. The summed E-state index contributed by atoms with van der Waals surface area (Å²) in [6.07, 6.45) is 9.70. The topological polar surface area (TPSA) is 6.48 Å². The second-order valence-corrected chi connectivity index (χ2v) is 27.0. The lowest BCUT2D eigenvalue weighted by atomic mass is 9.35. The molecule has 0 saturated heterocycles. The van der Waals surface area contributed by atoms with Crippen molar-refractivity contribution in [3.8, 4) is 22.3 Å². The van der Waals surface area contributed by atoms with Gasteiger partial charge >= 0.3 is 0 Å². The molecule has 8 atom stereocenters. The molecule has 0 bridgehead atoms. The molecule has 1 fully saturated rings. The highest BCUT2D eigenvalue weighted by Gasteiger charge is 2.75. The molecule has 392 valence electrons. The zero-order chi connectivity index (χ0) is 54.3. The Kier molecular flexibility index (Phi) is 8.64. The normalized spacial score (nSPS) is 24.3. The van der Waals surface area contributed by atoms with E-state index in [1.54, 1.807) is 11.1 Å². The maximum atomic E-state index is 2.59. The van der Waals surface area contributed by atoms with Crippen molar-refractivity contribution in [2.75, 3.05) is 9.80 Å². The molecule has 4 heteroatoms. The van der Waals surface area contributed by atoms with Gasteiger partial charge in [0.05, 0.1) is 22.7 Å². The molecule has 2 spiro atoms. The van der Waals surface area contributed by atoms with Crippen LogP contribution in [0.2, 0.25) is 0 Å². The summed E-state index contributed by atoms with van der Waals surface area (Å²) in [5, 5.41) is 5.15. The zero-order valence-electron chi connectivity index (χ0n) is 45.6. The predicted octanol–water partition coefficient (Wildman–Crippen LogP) is 20.9. The molecule has 2 aliphatic heterocycles. The summed E-state index contributed by atoms with van der Waals surface area (Å²) < 4.78 is 0. The number of hydrogen-bond donors (Lipinski definition) is 0. The molecular weight excluding hydrogens is 1050 g/mol. The SMILES string of the molecule is C1=CC2C(C=C1)C13c4cccc(-c5c6ccc(N7c8ccccc8Sc8ccccc87)cc6c(-c6cccc7c6C6c8ccccc8C8c9ccccc9C786)c6ccc(N7c8ccccc8Sc8ccccc87)cc56)c4C1c1ccccc1C23. The van der Waals surface area contributed by atoms with Gasteiger partial charge in [-0.25, -0.2) is 0 Å². The fourth-order valence-corrected chi connectivity index (χ4v) is 21.1. The molecule has 1 saturated carbocycles. The van der Waals surface area contributed by atoms with Crippen LogP contribution in [-0.2, 0) is 10.8 Å². The minimum absolute atomic E-state index is 0.0364. The predicted molar refractivity (Wildman–Crippen MR) is 345 cm³/mol. The number of allylic oxidation sites excluding steroid dienone is 4. The second kappa shape index (κ2) is 16.0. The van der Waals surface area contributed by atoms with E-state index in [4.69, 9.17) is 0 Å². The molecule has 8 unspecified atom stereocenters. The van der Waals surface area contributed by atoms with Crippen molar-refractivity contribution in [2.45, 2.75) is 54.1 Å². The summed E-state index contributed by atoms with van der Waals surface area (Å²) in [4.78, 5) is 10.1. The minimum Gasteiger partial charge on any atom is -0.308 e. The van der Waals surface area contributed by atoms with Crippen molar-refractivity contribution < 1.29 is 0 Å². The quantitative estimate of drug-likeness (QED) is 0.162. The van der Waals surface area contributed by atoms with Gasteiger partial charge in [0.15, 0.2) is 0 Å². The zero-order valence-corrected chi connectivity index (χ0v) is 47.2. The lowest BCUT2D eigenvalue weighted by molar-refractivity contribution is 0.0365. The minimum atomic E-state index is -0.0803. The number of rotatable bonds is 4. The van der Waals surface area contributed by atoms with Gasteiger partial charge in [0, 0.05) is 65.5 Å². The molecule has 0 amide bonds. The van der Waals surface area contributed by atoms with E-state index in [0.717, 1.165) is 0 Å². The van der Waals surface area contributed by atoms with E-state index in [2.05, 4.69) is 277 Å². The average molecular weight is 1100 g/mol. The van der Waals surface area contributed by atoms with Gasteiger partial charge in [-0.05, 0) is 184 Å². The van der Waals surface area contributed by atoms with Crippen molar-refractivity contribution in [3.05, 3.63) is 323 Å². The number of anilines is 6. The Morgan fingerprint density at radius 3 is 1.35 bits per heavy atom. The third-order valence-corrected chi connectivity index (χ3v) is 24.0. The van der Waals surface area contributed by atoms with Gasteiger partial charge in [0.25, 0.3) is 0 Å². The first kappa shape index (κ1) is 45.5. The van der Waals surface area contributed by atoms with Gasteiger partial charge in [0.1, 0.15) is 0 Å². The average Bonchev–Trinajstić information content (AvgIpc) is 1.40. The molecule has 2 nitrogen and oxygen atoms in total. The molecular formula is C80H50N2S2. The third-order valence-electron chi connectivity index (χ3n) is 21.7. The highest BCUT2D eigenvalue weighted by Crippen LogP contribution is 2.82. The maximum Gasteiger partial charge on any atom is 0.0601 e. The van der Waals surface area contributed by atoms with Crippen LogP contribution in [0, 0.1) is 11.8 Å². The summed E-state index contributed by atoms with van der Waals surface area (Å²) in [7, 11) is 0.